The molecule has 0 radical (unpaired) electrons. The molecule has 0 saturated heterocycles. The number of aliphatic hydroxyl groups is 1. The van der Waals surface area contributed by atoms with Crippen molar-refractivity contribution < 1.29 is 9.90 Å². The average Bonchev–Trinajstić information content (AvgIpc) is 2.38. The van der Waals surface area contributed by atoms with Crippen LogP contribution in [0, 0.1) is 0 Å². The van der Waals surface area contributed by atoms with Crippen molar-refractivity contribution in [3.63, 3.8) is 0 Å². The number of amides is 1. The molecule has 0 fully saturated rings. The second kappa shape index (κ2) is 8.84. The van der Waals surface area contributed by atoms with Crippen molar-refractivity contribution in [1.82, 2.24) is 0 Å². The van der Waals surface area contributed by atoms with Crippen molar-refractivity contribution in [2.75, 3.05) is 12.9 Å². The first-order chi connectivity index (χ1) is 8.15. The lowest BCUT2D eigenvalue weighted by atomic mass is 10.1. The summed E-state index contributed by atoms with van der Waals surface area (Å²) < 4.78 is 0. The standard InChI is InChI=1S/C12H15NOS.CH4O/c1-3-8-15-11-6-4-10(5-7-11)9(2)12(13)14;1-2/h4-7H,2-3,8H2,1H3,(H2,13,14);2H,1H3. The molecule has 0 unspecified atom stereocenters. The Morgan fingerprint density at radius 3 is 2.29 bits per heavy atom. The first-order valence-corrected chi connectivity index (χ1v) is 6.30. The molecule has 1 rings (SSSR count). The molecule has 1 aromatic rings. The van der Waals surface area contributed by atoms with Crippen LogP contribution in [-0.2, 0) is 4.79 Å². The summed E-state index contributed by atoms with van der Waals surface area (Å²) in [6.45, 7) is 5.78. The van der Waals surface area contributed by atoms with E-state index in [9.17, 15) is 4.79 Å². The minimum atomic E-state index is -0.469. The third-order valence-electron chi connectivity index (χ3n) is 1.97. The summed E-state index contributed by atoms with van der Waals surface area (Å²) in [4.78, 5) is 12.1. The van der Waals surface area contributed by atoms with E-state index in [1.54, 1.807) is 11.8 Å². The zero-order chi connectivity index (χ0) is 13.3. The molecule has 0 aromatic heterocycles. The van der Waals surface area contributed by atoms with Crippen LogP contribution >= 0.6 is 11.8 Å². The van der Waals surface area contributed by atoms with Crippen LogP contribution in [0.5, 0.6) is 0 Å². The molecule has 0 atom stereocenters. The molecule has 0 saturated carbocycles. The zero-order valence-electron chi connectivity index (χ0n) is 10.3. The van der Waals surface area contributed by atoms with E-state index >= 15 is 0 Å². The minimum Gasteiger partial charge on any atom is -0.400 e. The Labute approximate surface area is 107 Å². The fourth-order valence-corrected chi connectivity index (χ4v) is 1.88. The van der Waals surface area contributed by atoms with Gasteiger partial charge in [-0.05, 0) is 29.9 Å². The van der Waals surface area contributed by atoms with Crippen molar-refractivity contribution in [1.29, 1.82) is 0 Å². The van der Waals surface area contributed by atoms with Crippen LogP contribution < -0.4 is 5.73 Å². The highest BCUT2D eigenvalue weighted by Gasteiger charge is 2.04. The van der Waals surface area contributed by atoms with Gasteiger partial charge >= 0.3 is 0 Å². The van der Waals surface area contributed by atoms with Gasteiger partial charge in [-0.15, -0.1) is 11.8 Å². The summed E-state index contributed by atoms with van der Waals surface area (Å²) >= 11 is 1.80. The van der Waals surface area contributed by atoms with Gasteiger partial charge in [-0.1, -0.05) is 25.6 Å². The Hall–Kier alpha value is -1.26. The Kier molecular flexibility index (Phi) is 8.19. The number of hydrogen-bond acceptors (Lipinski definition) is 3. The first-order valence-electron chi connectivity index (χ1n) is 5.31. The molecular weight excluding hydrogens is 234 g/mol. The number of primary amides is 1. The third kappa shape index (κ3) is 5.56. The quantitative estimate of drug-likeness (QED) is 0.625. The van der Waals surface area contributed by atoms with E-state index in [-0.39, 0.29) is 0 Å². The maximum atomic E-state index is 10.9. The molecule has 0 aliphatic carbocycles. The van der Waals surface area contributed by atoms with Gasteiger partial charge in [-0.25, -0.2) is 0 Å². The van der Waals surface area contributed by atoms with Gasteiger partial charge in [0.15, 0.2) is 0 Å². The summed E-state index contributed by atoms with van der Waals surface area (Å²) in [6, 6.07) is 7.74. The highest BCUT2D eigenvalue weighted by Crippen LogP contribution is 2.21. The number of benzene rings is 1. The van der Waals surface area contributed by atoms with Crippen molar-refractivity contribution >= 4 is 23.2 Å². The maximum absolute atomic E-state index is 10.9. The molecule has 94 valence electrons. The van der Waals surface area contributed by atoms with Crippen LogP contribution in [0.15, 0.2) is 35.7 Å². The van der Waals surface area contributed by atoms with Gasteiger partial charge in [0.05, 0.1) is 0 Å². The van der Waals surface area contributed by atoms with Crippen molar-refractivity contribution in [2.24, 2.45) is 5.73 Å². The van der Waals surface area contributed by atoms with Gasteiger partial charge in [0, 0.05) is 17.6 Å². The summed E-state index contributed by atoms with van der Waals surface area (Å²) in [6.07, 6.45) is 1.15. The summed E-state index contributed by atoms with van der Waals surface area (Å²) in [5.74, 6) is 0.639. The molecule has 0 heterocycles. The van der Waals surface area contributed by atoms with Gasteiger partial charge in [-0.3, -0.25) is 4.79 Å². The molecule has 3 N–H and O–H groups in total. The van der Waals surface area contributed by atoms with E-state index in [0.29, 0.717) is 5.57 Å². The molecule has 4 heteroatoms. The van der Waals surface area contributed by atoms with Gasteiger partial charge in [0.25, 0.3) is 0 Å². The van der Waals surface area contributed by atoms with Gasteiger partial charge in [-0.2, -0.15) is 0 Å². The Balaban J connectivity index is 0.00000121. The van der Waals surface area contributed by atoms with Crippen LogP contribution in [0.4, 0.5) is 0 Å². The third-order valence-corrected chi connectivity index (χ3v) is 3.19. The van der Waals surface area contributed by atoms with E-state index in [2.05, 4.69) is 13.5 Å². The number of thioether (sulfide) groups is 1. The molecule has 0 aliphatic rings. The molecule has 1 amide bonds. The molecule has 0 spiro atoms. The van der Waals surface area contributed by atoms with E-state index in [1.807, 2.05) is 24.3 Å². The Morgan fingerprint density at radius 1 is 1.35 bits per heavy atom. The van der Waals surface area contributed by atoms with Crippen molar-refractivity contribution in [2.45, 2.75) is 18.2 Å². The van der Waals surface area contributed by atoms with Gasteiger partial charge in [0.2, 0.25) is 5.91 Å². The van der Waals surface area contributed by atoms with Gasteiger partial charge in [0.1, 0.15) is 0 Å². The summed E-state index contributed by atoms with van der Waals surface area (Å²) in [5.41, 5.74) is 6.30. The molecule has 0 aliphatic heterocycles. The van der Waals surface area contributed by atoms with E-state index in [1.165, 1.54) is 4.90 Å². The fraction of sp³-hybridized carbons (Fsp3) is 0.308. The number of rotatable bonds is 5. The first kappa shape index (κ1) is 15.7. The average molecular weight is 253 g/mol. The highest BCUT2D eigenvalue weighted by molar-refractivity contribution is 7.99. The SMILES string of the molecule is C=C(C(N)=O)c1ccc(SCCC)cc1.CO. The second-order valence-corrected chi connectivity index (χ2v) is 4.38. The predicted molar refractivity (Wildman–Crippen MR) is 73.8 cm³/mol. The van der Waals surface area contributed by atoms with Crippen LogP contribution in [0.25, 0.3) is 5.57 Å². The molecule has 1 aromatic carbocycles. The lowest BCUT2D eigenvalue weighted by Gasteiger charge is -2.03. The number of aliphatic hydroxyl groups excluding tert-OH is 1. The summed E-state index contributed by atoms with van der Waals surface area (Å²) in [7, 11) is 1.00. The zero-order valence-corrected chi connectivity index (χ0v) is 11.1. The number of carbonyl (C=O) groups is 1. The van der Waals surface area contributed by atoms with Crippen molar-refractivity contribution in [3.8, 4) is 0 Å². The van der Waals surface area contributed by atoms with Crippen LogP contribution in [-0.4, -0.2) is 23.9 Å². The molecule has 0 bridgehead atoms. The lowest BCUT2D eigenvalue weighted by Crippen LogP contribution is -2.11. The summed E-state index contributed by atoms with van der Waals surface area (Å²) in [5, 5.41) is 7.00. The number of carbonyl (C=O) groups excluding carboxylic acids is 1. The van der Waals surface area contributed by atoms with Crippen LogP contribution in [0.2, 0.25) is 0 Å². The lowest BCUT2D eigenvalue weighted by molar-refractivity contribution is -0.112. The highest BCUT2D eigenvalue weighted by atomic mass is 32.2. The minimum absolute atomic E-state index is 0.363. The van der Waals surface area contributed by atoms with Crippen LogP contribution in [0.1, 0.15) is 18.9 Å². The fourth-order valence-electron chi connectivity index (χ4n) is 1.11. The maximum Gasteiger partial charge on any atom is 0.248 e. The second-order valence-electron chi connectivity index (χ2n) is 3.22. The van der Waals surface area contributed by atoms with E-state index in [4.69, 9.17) is 10.8 Å². The van der Waals surface area contributed by atoms with Crippen molar-refractivity contribution in [3.05, 3.63) is 36.4 Å². The monoisotopic (exact) mass is 253 g/mol. The van der Waals surface area contributed by atoms with Crippen LogP contribution in [0.3, 0.4) is 0 Å². The van der Waals surface area contributed by atoms with E-state index in [0.717, 1.165) is 24.8 Å². The molecule has 3 nitrogen and oxygen atoms in total. The smallest absolute Gasteiger partial charge is 0.248 e. The normalized spacial score (nSPS) is 9.12. The number of nitrogens with two attached hydrogens (primary N) is 1. The Bertz CT molecular complexity index is 360. The molecule has 17 heavy (non-hydrogen) atoms. The number of hydrogen-bond donors (Lipinski definition) is 2. The molecular formula is C13H19NO2S. The predicted octanol–water partition coefficient (Wildman–Crippen LogP) is 2.30. The van der Waals surface area contributed by atoms with Gasteiger partial charge < -0.3 is 10.8 Å². The largest absolute Gasteiger partial charge is 0.400 e. The van der Waals surface area contributed by atoms with E-state index < -0.39 is 5.91 Å². The topological polar surface area (TPSA) is 63.3 Å². The Morgan fingerprint density at radius 2 is 1.88 bits per heavy atom.